The number of aromatic amines is 1. The smallest absolute Gasteiger partial charge is 0.0591 e. The Labute approximate surface area is 145 Å². The zero-order valence-electron chi connectivity index (χ0n) is 15.4. The molecular weight excluding hydrogens is 294 g/mol. The molecule has 1 saturated carbocycles. The molecule has 1 fully saturated rings. The van der Waals surface area contributed by atoms with E-state index in [9.17, 15) is 0 Å². The molecule has 0 bridgehead atoms. The molecule has 24 heavy (non-hydrogen) atoms. The molecule has 2 aliphatic rings. The number of fused-ring (bicyclic) bond motifs is 4. The van der Waals surface area contributed by atoms with Crippen molar-refractivity contribution in [2.75, 3.05) is 20.6 Å². The minimum atomic E-state index is 0.167. The number of hydrogen-bond acceptors (Lipinski definition) is 2. The maximum absolute atomic E-state index is 3.92. The van der Waals surface area contributed by atoms with E-state index >= 15 is 0 Å². The Balaban J connectivity index is 1.69. The fourth-order valence-electron chi connectivity index (χ4n) is 5.34. The molecule has 1 aliphatic carbocycles. The standard InChI is InChI=1S/C21H31N3/c1-4-10-20(24(2)3)11-13-21(14-12-20)19-17(9-15-22-21)16-7-5-6-8-18(16)23-19/h5-8,22-23H,4,9-15H2,1-3H3. The zero-order valence-corrected chi connectivity index (χ0v) is 15.4. The van der Waals surface area contributed by atoms with Crippen LogP contribution in [-0.4, -0.2) is 36.1 Å². The highest BCUT2D eigenvalue weighted by Crippen LogP contribution is 2.47. The predicted octanol–water partition coefficient (Wildman–Crippen LogP) is 4.18. The van der Waals surface area contributed by atoms with E-state index in [1.165, 1.54) is 55.1 Å². The Bertz CT molecular complexity index is 720. The van der Waals surface area contributed by atoms with Crippen LogP contribution in [0.2, 0.25) is 0 Å². The van der Waals surface area contributed by atoms with Gasteiger partial charge in [0.15, 0.2) is 0 Å². The van der Waals surface area contributed by atoms with Crippen molar-refractivity contribution in [1.82, 2.24) is 15.2 Å². The fraction of sp³-hybridized carbons (Fsp3) is 0.619. The summed E-state index contributed by atoms with van der Waals surface area (Å²) in [6.07, 6.45) is 8.79. The van der Waals surface area contributed by atoms with Crippen LogP contribution in [0.5, 0.6) is 0 Å². The van der Waals surface area contributed by atoms with Crippen molar-refractivity contribution in [3.63, 3.8) is 0 Å². The summed E-state index contributed by atoms with van der Waals surface area (Å²) < 4.78 is 0. The monoisotopic (exact) mass is 325 g/mol. The maximum Gasteiger partial charge on any atom is 0.0591 e. The van der Waals surface area contributed by atoms with Gasteiger partial charge in [-0.05, 0) is 64.3 Å². The third-order valence-corrected chi connectivity index (χ3v) is 6.83. The van der Waals surface area contributed by atoms with Crippen molar-refractivity contribution in [1.29, 1.82) is 0 Å². The lowest BCUT2D eigenvalue weighted by Gasteiger charge is -2.51. The summed E-state index contributed by atoms with van der Waals surface area (Å²) in [5.41, 5.74) is 4.92. The minimum Gasteiger partial charge on any atom is -0.357 e. The number of rotatable bonds is 3. The van der Waals surface area contributed by atoms with Gasteiger partial charge in [0.1, 0.15) is 0 Å². The second-order valence-electron chi connectivity index (χ2n) is 8.15. The molecule has 2 heterocycles. The van der Waals surface area contributed by atoms with E-state index < -0.39 is 0 Å². The van der Waals surface area contributed by atoms with Crippen LogP contribution < -0.4 is 5.32 Å². The molecule has 1 aromatic heterocycles. The van der Waals surface area contributed by atoms with Crippen molar-refractivity contribution in [3.05, 3.63) is 35.5 Å². The van der Waals surface area contributed by atoms with E-state index in [0.29, 0.717) is 5.54 Å². The van der Waals surface area contributed by atoms with Crippen LogP contribution in [0.15, 0.2) is 24.3 Å². The normalized spacial score (nSPS) is 30.2. The molecule has 2 N–H and O–H groups in total. The van der Waals surface area contributed by atoms with Crippen molar-refractivity contribution in [2.24, 2.45) is 0 Å². The Morgan fingerprint density at radius 2 is 1.83 bits per heavy atom. The summed E-state index contributed by atoms with van der Waals surface area (Å²) in [4.78, 5) is 6.29. The van der Waals surface area contributed by atoms with Crippen LogP contribution in [0.1, 0.15) is 56.7 Å². The lowest BCUT2D eigenvalue weighted by molar-refractivity contribution is 0.0445. The molecule has 4 rings (SSSR count). The first-order valence-corrected chi connectivity index (χ1v) is 9.63. The van der Waals surface area contributed by atoms with Gasteiger partial charge in [0.25, 0.3) is 0 Å². The van der Waals surface area contributed by atoms with Crippen LogP contribution in [0.4, 0.5) is 0 Å². The molecule has 0 radical (unpaired) electrons. The number of H-pyrrole nitrogens is 1. The van der Waals surface area contributed by atoms with Gasteiger partial charge in [-0.15, -0.1) is 0 Å². The summed E-state index contributed by atoms with van der Waals surface area (Å²) in [6.45, 7) is 3.43. The Morgan fingerprint density at radius 3 is 2.54 bits per heavy atom. The van der Waals surface area contributed by atoms with E-state index in [4.69, 9.17) is 0 Å². The molecule has 3 nitrogen and oxygen atoms in total. The molecule has 1 aromatic carbocycles. The number of aromatic nitrogens is 1. The molecule has 1 aliphatic heterocycles. The van der Waals surface area contributed by atoms with Crippen molar-refractivity contribution >= 4 is 10.9 Å². The van der Waals surface area contributed by atoms with E-state index in [2.05, 4.69) is 60.5 Å². The second kappa shape index (κ2) is 5.89. The number of hydrogen-bond donors (Lipinski definition) is 2. The molecule has 0 atom stereocenters. The molecule has 130 valence electrons. The molecule has 1 spiro atoms. The van der Waals surface area contributed by atoms with Gasteiger partial charge in [-0.2, -0.15) is 0 Å². The van der Waals surface area contributed by atoms with Crippen LogP contribution in [0.25, 0.3) is 10.9 Å². The SMILES string of the molecule is CCCC1(N(C)C)CCC2(CC1)NCCc1c2[nH]c2ccccc12. The Kier molecular flexibility index (Phi) is 3.97. The number of benzene rings is 1. The average molecular weight is 326 g/mol. The average Bonchev–Trinajstić information content (AvgIpc) is 2.98. The first-order valence-electron chi connectivity index (χ1n) is 9.63. The second-order valence-corrected chi connectivity index (χ2v) is 8.15. The summed E-state index contributed by atoms with van der Waals surface area (Å²) >= 11 is 0. The summed E-state index contributed by atoms with van der Waals surface area (Å²) in [7, 11) is 4.55. The Hall–Kier alpha value is -1.32. The quantitative estimate of drug-likeness (QED) is 0.887. The third kappa shape index (κ3) is 2.33. The highest BCUT2D eigenvalue weighted by Gasteiger charge is 2.46. The summed E-state index contributed by atoms with van der Waals surface area (Å²) in [5, 5.41) is 5.36. The van der Waals surface area contributed by atoms with Crippen molar-refractivity contribution in [3.8, 4) is 0 Å². The Morgan fingerprint density at radius 1 is 1.08 bits per heavy atom. The zero-order chi connectivity index (χ0) is 16.8. The van der Waals surface area contributed by atoms with Crippen LogP contribution in [0, 0.1) is 0 Å². The molecule has 0 amide bonds. The first kappa shape index (κ1) is 16.2. The van der Waals surface area contributed by atoms with E-state index in [1.54, 1.807) is 5.56 Å². The van der Waals surface area contributed by atoms with Gasteiger partial charge in [-0.1, -0.05) is 31.5 Å². The van der Waals surface area contributed by atoms with Gasteiger partial charge in [0.05, 0.1) is 5.54 Å². The lowest BCUT2D eigenvalue weighted by atomic mass is 9.67. The van der Waals surface area contributed by atoms with E-state index in [1.807, 2.05) is 0 Å². The third-order valence-electron chi connectivity index (χ3n) is 6.83. The van der Waals surface area contributed by atoms with E-state index in [-0.39, 0.29) is 5.54 Å². The molecule has 3 heteroatoms. The summed E-state index contributed by atoms with van der Waals surface area (Å²) in [5.74, 6) is 0. The minimum absolute atomic E-state index is 0.167. The van der Waals surface area contributed by atoms with Crippen molar-refractivity contribution in [2.45, 2.75) is 62.9 Å². The van der Waals surface area contributed by atoms with Crippen LogP contribution in [-0.2, 0) is 12.0 Å². The van der Waals surface area contributed by atoms with Gasteiger partial charge < -0.3 is 15.2 Å². The van der Waals surface area contributed by atoms with Crippen LogP contribution in [0.3, 0.4) is 0 Å². The number of nitrogens with zero attached hydrogens (tertiary/aromatic N) is 1. The van der Waals surface area contributed by atoms with E-state index in [0.717, 1.165) is 13.0 Å². The first-order chi connectivity index (χ1) is 11.6. The molecule has 0 unspecified atom stereocenters. The topological polar surface area (TPSA) is 31.1 Å². The molecule has 2 aromatic rings. The predicted molar refractivity (Wildman–Crippen MR) is 101 cm³/mol. The van der Waals surface area contributed by atoms with Gasteiger partial charge in [0.2, 0.25) is 0 Å². The summed E-state index contributed by atoms with van der Waals surface area (Å²) in [6, 6.07) is 8.83. The lowest BCUT2D eigenvalue weighted by Crippen LogP contribution is -2.56. The van der Waals surface area contributed by atoms with Crippen LogP contribution >= 0.6 is 0 Å². The van der Waals surface area contributed by atoms with Gasteiger partial charge in [-0.25, -0.2) is 0 Å². The largest absolute Gasteiger partial charge is 0.357 e. The number of nitrogens with one attached hydrogen (secondary N) is 2. The van der Waals surface area contributed by atoms with Gasteiger partial charge in [-0.3, -0.25) is 0 Å². The molecular formula is C21H31N3. The van der Waals surface area contributed by atoms with Crippen molar-refractivity contribution < 1.29 is 0 Å². The number of para-hydroxylation sites is 1. The highest BCUT2D eigenvalue weighted by atomic mass is 15.2. The van der Waals surface area contributed by atoms with Gasteiger partial charge in [0, 0.05) is 28.7 Å². The molecule has 0 saturated heterocycles. The maximum atomic E-state index is 3.92. The fourth-order valence-corrected chi connectivity index (χ4v) is 5.34. The van der Waals surface area contributed by atoms with Gasteiger partial charge >= 0.3 is 0 Å². The highest BCUT2D eigenvalue weighted by molar-refractivity contribution is 5.85.